The van der Waals surface area contributed by atoms with E-state index in [9.17, 15) is 9.59 Å². The Morgan fingerprint density at radius 2 is 1.44 bits per heavy atom. The second kappa shape index (κ2) is 9.37. The van der Waals surface area contributed by atoms with E-state index in [2.05, 4.69) is 0 Å². The standard InChI is InChI=1S/C6H12O6.C3H6O/c7-1-3(9)5(11)6(12)4(10)2-8;1-3(2)4/h3,5-9,11-12H,1-2H2;1-2H3/t3-,5+,6+;/m1./s1. The molecule has 16 heavy (non-hydrogen) atoms. The maximum atomic E-state index is 10.5. The van der Waals surface area contributed by atoms with Crippen LogP contribution in [0.2, 0.25) is 0 Å². The fourth-order valence-electron chi connectivity index (χ4n) is 0.602. The summed E-state index contributed by atoms with van der Waals surface area (Å²) in [5.41, 5.74) is 0. The monoisotopic (exact) mass is 238 g/mol. The Hall–Kier alpha value is -0.860. The third-order valence-corrected chi connectivity index (χ3v) is 1.39. The van der Waals surface area contributed by atoms with Crippen molar-refractivity contribution in [3.05, 3.63) is 0 Å². The van der Waals surface area contributed by atoms with E-state index in [0.717, 1.165) is 0 Å². The normalized spacial score (nSPS) is 15.4. The van der Waals surface area contributed by atoms with E-state index in [1.165, 1.54) is 13.8 Å². The van der Waals surface area contributed by atoms with Crippen molar-refractivity contribution in [1.82, 2.24) is 0 Å². The molecule has 5 N–H and O–H groups in total. The van der Waals surface area contributed by atoms with Gasteiger partial charge in [0, 0.05) is 0 Å². The molecular weight excluding hydrogens is 220 g/mol. The van der Waals surface area contributed by atoms with Crippen LogP contribution >= 0.6 is 0 Å². The van der Waals surface area contributed by atoms with Crippen LogP contribution in [0.3, 0.4) is 0 Å². The molecule has 96 valence electrons. The number of rotatable bonds is 5. The Bertz CT molecular complexity index is 212. The first-order valence-electron chi connectivity index (χ1n) is 4.53. The van der Waals surface area contributed by atoms with Gasteiger partial charge < -0.3 is 30.3 Å². The summed E-state index contributed by atoms with van der Waals surface area (Å²) in [7, 11) is 0. The van der Waals surface area contributed by atoms with E-state index in [-0.39, 0.29) is 5.78 Å². The molecule has 0 aliphatic carbocycles. The van der Waals surface area contributed by atoms with Crippen LogP contribution in [0.15, 0.2) is 0 Å². The van der Waals surface area contributed by atoms with Crippen LogP contribution in [0.1, 0.15) is 13.8 Å². The molecule has 0 heterocycles. The highest BCUT2D eigenvalue weighted by Crippen LogP contribution is 2.00. The van der Waals surface area contributed by atoms with Gasteiger partial charge in [-0.3, -0.25) is 4.79 Å². The van der Waals surface area contributed by atoms with E-state index < -0.39 is 37.3 Å². The average Bonchev–Trinajstić information content (AvgIpc) is 2.24. The zero-order chi connectivity index (χ0) is 13.3. The molecule has 0 aliphatic rings. The Balaban J connectivity index is 0. The summed E-state index contributed by atoms with van der Waals surface area (Å²) in [6.07, 6.45) is -5.22. The molecule has 0 aromatic rings. The summed E-state index contributed by atoms with van der Waals surface area (Å²) in [5, 5.41) is 43.1. The first-order valence-corrected chi connectivity index (χ1v) is 4.53. The summed E-state index contributed by atoms with van der Waals surface area (Å²) in [6, 6.07) is 0. The van der Waals surface area contributed by atoms with Gasteiger partial charge in [0.15, 0.2) is 5.78 Å². The smallest absolute Gasteiger partial charge is 0.189 e. The second-order valence-electron chi connectivity index (χ2n) is 3.22. The lowest BCUT2D eigenvalue weighted by atomic mass is 10.1. The van der Waals surface area contributed by atoms with Crippen LogP contribution in [0.25, 0.3) is 0 Å². The predicted molar refractivity (Wildman–Crippen MR) is 53.6 cm³/mol. The van der Waals surface area contributed by atoms with Crippen LogP contribution in [0.5, 0.6) is 0 Å². The van der Waals surface area contributed by atoms with Gasteiger partial charge in [-0.05, 0) is 13.8 Å². The van der Waals surface area contributed by atoms with Crippen LogP contribution in [-0.2, 0) is 9.59 Å². The minimum atomic E-state index is -1.86. The highest BCUT2D eigenvalue weighted by Gasteiger charge is 2.28. The number of aliphatic hydroxyl groups excluding tert-OH is 5. The fraction of sp³-hybridized carbons (Fsp3) is 0.778. The Morgan fingerprint density at radius 1 is 1.06 bits per heavy atom. The first-order chi connectivity index (χ1) is 7.27. The largest absolute Gasteiger partial charge is 0.394 e. The van der Waals surface area contributed by atoms with E-state index in [4.69, 9.17) is 25.5 Å². The van der Waals surface area contributed by atoms with E-state index in [1.54, 1.807) is 0 Å². The highest BCUT2D eigenvalue weighted by molar-refractivity contribution is 5.84. The van der Waals surface area contributed by atoms with Crippen LogP contribution in [0, 0.1) is 0 Å². The lowest BCUT2D eigenvalue weighted by Crippen LogP contribution is -2.44. The zero-order valence-electron chi connectivity index (χ0n) is 9.20. The summed E-state index contributed by atoms with van der Waals surface area (Å²) < 4.78 is 0. The summed E-state index contributed by atoms with van der Waals surface area (Å²) >= 11 is 0. The minimum Gasteiger partial charge on any atom is -0.394 e. The van der Waals surface area contributed by atoms with Crippen molar-refractivity contribution in [2.24, 2.45) is 0 Å². The molecule has 0 spiro atoms. The maximum absolute atomic E-state index is 10.5. The van der Waals surface area contributed by atoms with Crippen molar-refractivity contribution in [3.8, 4) is 0 Å². The van der Waals surface area contributed by atoms with Crippen molar-refractivity contribution in [2.75, 3.05) is 13.2 Å². The molecule has 0 radical (unpaired) electrons. The van der Waals surface area contributed by atoms with Gasteiger partial charge in [0.1, 0.15) is 30.7 Å². The Kier molecular flexibility index (Phi) is 10.3. The predicted octanol–water partition coefficient (Wildman–Crippen LogP) is -2.78. The van der Waals surface area contributed by atoms with Crippen molar-refractivity contribution >= 4 is 11.6 Å². The summed E-state index contributed by atoms with van der Waals surface area (Å²) in [5.74, 6) is -0.838. The van der Waals surface area contributed by atoms with Gasteiger partial charge in [-0.25, -0.2) is 0 Å². The molecular formula is C9H18O7. The maximum Gasteiger partial charge on any atom is 0.189 e. The van der Waals surface area contributed by atoms with Crippen molar-refractivity contribution in [3.63, 3.8) is 0 Å². The number of carbonyl (C=O) groups is 2. The molecule has 7 heteroatoms. The lowest BCUT2D eigenvalue weighted by molar-refractivity contribution is -0.142. The Labute approximate surface area is 93.0 Å². The van der Waals surface area contributed by atoms with Gasteiger partial charge in [-0.2, -0.15) is 0 Å². The van der Waals surface area contributed by atoms with Gasteiger partial charge in [0.2, 0.25) is 0 Å². The summed E-state index contributed by atoms with van der Waals surface area (Å²) in [6.45, 7) is 1.37. The van der Waals surface area contributed by atoms with E-state index in [0.29, 0.717) is 0 Å². The number of carbonyl (C=O) groups excluding carboxylic acids is 2. The van der Waals surface area contributed by atoms with Crippen molar-refractivity contribution in [2.45, 2.75) is 32.2 Å². The third-order valence-electron chi connectivity index (χ3n) is 1.39. The topological polar surface area (TPSA) is 135 Å². The van der Waals surface area contributed by atoms with Gasteiger partial charge >= 0.3 is 0 Å². The average molecular weight is 238 g/mol. The SMILES string of the molecule is CC(C)=O.O=C(CO)[C@H](O)[C@@H](O)[C@H](O)CO. The molecule has 0 aromatic carbocycles. The van der Waals surface area contributed by atoms with Crippen LogP contribution < -0.4 is 0 Å². The minimum absolute atomic E-state index is 0.167. The zero-order valence-corrected chi connectivity index (χ0v) is 9.20. The highest BCUT2D eigenvalue weighted by atomic mass is 16.4. The number of hydrogen-bond acceptors (Lipinski definition) is 7. The van der Waals surface area contributed by atoms with E-state index in [1.807, 2.05) is 0 Å². The molecule has 0 fully saturated rings. The van der Waals surface area contributed by atoms with Crippen molar-refractivity contribution in [1.29, 1.82) is 0 Å². The molecule has 0 saturated carbocycles. The molecule has 0 aliphatic heterocycles. The van der Waals surface area contributed by atoms with E-state index >= 15 is 0 Å². The summed E-state index contributed by atoms with van der Waals surface area (Å²) in [4.78, 5) is 20.0. The molecule has 0 bridgehead atoms. The van der Waals surface area contributed by atoms with Crippen LogP contribution in [0.4, 0.5) is 0 Å². The van der Waals surface area contributed by atoms with Gasteiger partial charge in [0.05, 0.1) is 6.61 Å². The number of hydrogen-bond donors (Lipinski definition) is 5. The van der Waals surface area contributed by atoms with Gasteiger partial charge in [-0.15, -0.1) is 0 Å². The van der Waals surface area contributed by atoms with Gasteiger partial charge in [-0.1, -0.05) is 0 Å². The Morgan fingerprint density at radius 3 is 1.69 bits per heavy atom. The molecule has 7 nitrogen and oxygen atoms in total. The lowest BCUT2D eigenvalue weighted by Gasteiger charge is -2.19. The van der Waals surface area contributed by atoms with Crippen molar-refractivity contribution < 1.29 is 35.1 Å². The molecule has 0 unspecified atom stereocenters. The fourth-order valence-corrected chi connectivity index (χ4v) is 0.602. The molecule has 0 aromatic heterocycles. The molecule has 3 atom stereocenters. The molecule has 0 amide bonds. The second-order valence-corrected chi connectivity index (χ2v) is 3.22. The first kappa shape index (κ1) is 17.5. The van der Waals surface area contributed by atoms with Crippen LogP contribution in [-0.4, -0.2) is 68.6 Å². The number of aliphatic hydroxyl groups is 5. The van der Waals surface area contributed by atoms with Gasteiger partial charge in [0.25, 0.3) is 0 Å². The molecule has 0 saturated heterocycles. The number of Topliss-reactive ketones (excluding diaryl/α,β-unsaturated/α-hetero) is 2. The third kappa shape index (κ3) is 8.45. The molecule has 0 rings (SSSR count). The number of ketones is 2. The quantitative estimate of drug-likeness (QED) is 0.349.